The van der Waals surface area contributed by atoms with Gasteiger partial charge in [0.1, 0.15) is 10.8 Å². The second kappa shape index (κ2) is 12.9. The van der Waals surface area contributed by atoms with Crippen LogP contribution in [-0.4, -0.2) is 71.5 Å². The lowest BCUT2D eigenvalue weighted by Crippen LogP contribution is -2.48. The second-order valence-electron chi connectivity index (χ2n) is 12.3. The van der Waals surface area contributed by atoms with E-state index >= 15 is 0 Å². The third kappa shape index (κ3) is 6.96. The fraction of sp³-hybridized carbons (Fsp3) is 0.438. The summed E-state index contributed by atoms with van der Waals surface area (Å²) in [6.45, 7) is 8.13. The monoisotopic (exact) mass is 634 g/mol. The number of piperidine rings is 2. The standard InChI is InChI=1S/C32H39ClN8O2S/c1-32(35)11-13-41(14-12-32)26-19-36-31(29(34)37-26)44-25-4-2-3-24(28(25)33)40-17-15-39(16-18-40)20-21-5-7-22(8-6-21)23-9-10-27(42)38-30(23)43/h2-8,19,23H,9-18,20,35H2,1H3,(H2,34,37)(H,38,42,43). The van der Waals surface area contributed by atoms with Crippen LogP contribution in [0.2, 0.25) is 5.02 Å². The van der Waals surface area contributed by atoms with Crippen LogP contribution in [0.5, 0.6) is 0 Å². The topological polar surface area (TPSA) is 134 Å². The number of imide groups is 1. The average molecular weight is 635 g/mol. The minimum absolute atomic E-state index is 0.132. The van der Waals surface area contributed by atoms with Crippen molar-refractivity contribution in [2.75, 3.05) is 54.8 Å². The van der Waals surface area contributed by atoms with E-state index in [1.165, 1.54) is 17.3 Å². The largest absolute Gasteiger partial charge is 0.381 e. The third-order valence-electron chi connectivity index (χ3n) is 8.87. The van der Waals surface area contributed by atoms with Crippen molar-refractivity contribution in [3.8, 4) is 0 Å². The predicted octanol–water partition coefficient (Wildman–Crippen LogP) is 4.02. The molecule has 3 fully saturated rings. The van der Waals surface area contributed by atoms with Crippen LogP contribution in [0.15, 0.2) is 58.6 Å². The summed E-state index contributed by atoms with van der Waals surface area (Å²) in [6, 6.07) is 14.3. The first-order valence-electron chi connectivity index (χ1n) is 15.2. The number of hydrogen-bond acceptors (Lipinski definition) is 10. The maximum absolute atomic E-state index is 12.2. The lowest BCUT2D eigenvalue weighted by atomic mass is 9.90. The second-order valence-corrected chi connectivity index (χ2v) is 13.7. The van der Waals surface area contributed by atoms with E-state index in [9.17, 15) is 9.59 Å². The van der Waals surface area contributed by atoms with Crippen molar-refractivity contribution in [2.24, 2.45) is 5.73 Å². The minimum atomic E-state index is -0.255. The Hall–Kier alpha value is -3.38. The summed E-state index contributed by atoms with van der Waals surface area (Å²) in [5.74, 6) is 0.537. The number of carbonyl (C=O) groups is 2. The van der Waals surface area contributed by atoms with Gasteiger partial charge in [0.25, 0.3) is 0 Å². The van der Waals surface area contributed by atoms with Crippen molar-refractivity contribution in [2.45, 2.75) is 60.5 Å². The van der Waals surface area contributed by atoms with Gasteiger partial charge in [0, 0.05) is 62.7 Å². The van der Waals surface area contributed by atoms with Gasteiger partial charge in [-0.1, -0.05) is 53.7 Å². The Balaban J connectivity index is 1.04. The summed E-state index contributed by atoms with van der Waals surface area (Å²) < 4.78 is 0. The third-order valence-corrected chi connectivity index (χ3v) is 10.4. The zero-order valence-electron chi connectivity index (χ0n) is 25.0. The number of aromatic nitrogens is 2. The molecule has 44 heavy (non-hydrogen) atoms. The number of nitrogens with two attached hydrogens (primary N) is 2. The Bertz CT molecular complexity index is 1520. The van der Waals surface area contributed by atoms with Crippen LogP contribution >= 0.6 is 23.4 Å². The molecule has 0 spiro atoms. The van der Waals surface area contributed by atoms with E-state index in [2.05, 4.69) is 55.1 Å². The molecule has 0 radical (unpaired) electrons. The Morgan fingerprint density at radius 3 is 2.43 bits per heavy atom. The summed E-state index contributed by atoms with van der Waals surface area (Å²) in [7, 11) is 0. The number of carbonyl (C=O) groups excluding carboxylic acids is 2. The predicted molar refractivity (Wildman–Crippen MR) is 175 cm³/mol. The van der Waals surface area contributed by atoms with Crippen LogP contribution < -0.4 is 26.6 Å². The van der Waals surface area contributed by atoms with Gasteiger partial charge in [0.2, 0.25) is 11.8 Å². The lowest BCUT2D eigenvalue weighted by Gasteiger charge is -2.37. The number of rotatable bonds is 7. The number of hydrogen-bond donors (Lipinski definition) is 3. The van der Waals surface area contributed by atoms with E-state index in [0.29, 0.717) is 28.7 Å². The molecule has 6 rings (SSSR count). The highest BCUT2D eigenvalue weighted by atomic mass is 35.5. The van der Waals surface area contributed by atoms with Crippen LogP contribution in [0.4, 0.5) is 17.3 Å². The van der Waals surface area contributed by atoms with Crippen LogP contribution in [0.25, 0.3) is 0 Å². The highest BCUT2D eigenvalue weighted by Crippen LogP contribution is 2.40. The molecule has 12 heteroatoms. The minimum Gasteiger partial charge on any atom is -0.381 e. The number of amides is 2. The molecular weight excluding hydrogens is 596 g/mol. The lowest BCUT2D eigenvalue weighted by molar-refractivity contribution is -0.134. The number of benzene rings is 2. The average Bonchev–Trinajstić information content (AvgIpc) is 3.00. The van der Waals surface area contributed by atoms with Gasteiger partial charge in [-0.05, 0) is 49.4 Å². The molecule has 0 saturated carbocycles. The molecule has 1 unspecified atom stereocenters. The normalized spacial score (nSPS) is 20.9. The molecule has 2 aromatic carbocycles. The van der Waals surface area contributed by atoms with Crippen molar-refractivity contribution in [1.82, 2.24) is 20.2 Å². The fourth-order valence-electron chi connectivity index (χ4n) is 6.06. The molecule has 3 aliphatic rings. The molecule has 4 heterocycles. The van der Waals surface area contributed by atoms with Gasteiger partial charge in [0.05, 0.1) is 22.8 Å². The summed E-state index contributed by atoms with van der Waals surface area (Å²) in [5.41, 5.74) is 15.7. The Morgan fingerprint density at radius 1 is 1.02 bits per heavy atom. The van der Waals surface area contributed by atoms with Crippen LogP contribution in [0.1, 0.15) is 49.7 Å². The van der Waals surface area contributed by atoms with Gasteiger partial charge in [-0.15, -0.1) is 0 Å². The molecule has 232 valence electrons. The molecule has 1 atom stereocenters. The molecule has 0 bridgehead atoms. The van der Waals surface area contributed by atoms with Crippen molar-refractivity contribution < 1.29 is 9.59 Å². The van der Waals surface area contributed by atoms with E-state index in [4.69, 9.17) is 23.1 Å². The molecule has 10 nitrogen and oxygen atoms in total. The molecule has 3 aromatic rings. The fourth-order valence-corrected chi connectivity index (χ4v) is 7.22. The van der Waals surface area contributed by atoms with Gasteiger partial charge >= 0.3 is 0 Å². The maximum atomic E-state index is 12.2. The van der Waals surface area contributed by atoms with E-state index in [1.807, 2.05) is 24.3 Å². The molecule has 1 aromatic heterocycles. The summed E-state index contributed by atoms with van der Waals surface area (Å²) in [5, 5.41) is 3.78. The van der Waals surface area contributed by atoms with Gasteiger partial charge in [0.15, 0.2) is 5.82 Å². The first-order chi connectivity index (χ1) is 21.1. The quantitative estimate of drug-likeness (QED) is 0.327. The number of piperazine rings is 1. The van der Waals surface area contributed by atoms with Crippen molar-refractivity contribution >= 4 is 52.5 Å². The SMILES string of the molecule is CC1(N)CCN(c2cnc(Sc3cccc(N4CCN(Cc5ccc(C6CCC(=O)NC6=O)cc5)CC4)c3Cl)c(N)n2)CC1. The smallest absolute Gasteiger partial charge is 0.234 e. The number of anilines is 3. The van der Waals surface area contributed by atoms with Gasteiger partial charge in [-0.2, -0.15) is 0 Å². The number of nitrogens with one attached hydrogen (secondary N) is 1. The van der Waals surface area contributed by atoms with Crippen molar-refractivity contribution in [3.63, 3.8) is 0 Å². The van der Waals surface area contributed by atoms with E-state index < -0.39 is 0 Å². The van der Waals surface area contributed by atoms with Gasteiger partial charge < -0.3 is 21.3 Å². The van der Waals surface area contributed by atoms with E-state index in [0.717, 1.165) is 80.6 Å². The molecule has 0 aliphatic carbocycles. The van der Waals surface area contributed by atoms with Gasteiger partial charge in [-0.25, -0.2) is 9.97 Å². The van der Waals surface area contributed by atoms with Crippen LogP contribution in [0, 0.1) is 0 Å². The van der Waals surface area contributed by atoms with Crippen molar-refractivity contribution in [1.29, 1.82) is 0 Å². The van der Waals surface area contributed by atoms with Crippen LogP contribution in [-0.2, 0) is 16.1 Å². The first kappa shape index (κ1) is 30.6. The van der Waals surface area contributed by atoms with Gasteiger partial charge in [-0.3, -0.25) is 19.8 Å². The zero-order valence-corrected chi connectivity index (χ0v) is 26.5. The zero-order chi connectivity index (χ0) is 30.8. The summed E-state index contributed by atoms with van der Waals surface area (Å²) in [6.07, 6.45) is 4.55. The number of nitrogen functional groups attached to an aromatic ring is 1. The maximum Gasteiger partial charge on any atom is 0.234 e. The number of halogens is 1. The van der Waals surface area contributed by atoms with E-state index in [-0.39, 0.29) is 23.3 Å². The highest BCUT2D eigenvalue weighted by molar-refractivity contribution is 7.99. The first-order valence-corrected chi connectivity index (χ1v) is 16.4. The van der Waals surface area contributed by atoms with E-state index in [1.54, 1.807) is 6.20 Å². The molecule has 5 N–H and O–H groups in total. The molecule has 2 amide bonds. The Kier molecular flexibility index (Phi) is 9.00. The molecule has 3 saturated heterocycles. The molecular formula is C32H39ClN8O2S. The van der Waals surface area contributed by atoms with Crippen molar-refractivity contribution in [3.05, 3.63) is 64.8 Å². The highest BCUT2D eigenvalue weighted by Gasteiger charge is 2.29. The molecule has 3 aliphatic heterocycles. The summed E-state index contributed by atoms with van der Waals surface area (Å²) >= 11 is 8.40. The Morgan fingerprint density at radius 2 is 1.75 bits per heavy atom. The Labute approximate surface area is 267 Å². The van der Waals surface area contributed by atoms with Crippen LogP contribution in [0.3, 0.4) is 0 Å². The summed E-state index contributed by atoms with van der Waals surface area (Å²) in [4.78, 5) is 40.8. The number of nitrogens with zero attached hydrogens (tertiary/aromatic N) is 5.